The van der Waals surface area contributed by atoms with Crippen LogP contribution in [0.1, 0.15) is 48.5 Å². The normalized spacial score (nSPS) is 18.0. The van der Waals surface area contributed by atoms with Crippen LogP contribution in [0.4, 0.5) is 0 Å². The molecular weight excluding hydrogens is 375 g/mol. The summed E-state index contributed by atoms with van der Waals surface area (Å²) in [5.74, 6) is 0.185. The van der Waals surface area contributed by atoms with Crippen LogP contribution in [0.3, 0.4) is 0 Å². The second-order valence-electron chi connectivity index (χ2n) is 5.83. The Bertz CT molecular complexity index is 484. The zero-order chi connectivity index (χ0) is 15.2. The van der Waals surface area contributed by atoms with Crippen molar-refractivity contribution in [2.24, 2.45) is 0 Å². The van der Waals surface area contributed by atoms with Crippen molar-refractivity contribution in [3.05, 3.63) is 32.9 Å². The number of nitrogens with one attached hydrogen (secondary N) is 1. The average molecular weight is 400 g/mol. The molecule has 3 nitrogen and oxygen atoms in total. The second-order valence-corrected chi connectivity index (χ2v) is 6.91. The highest BCUT2D eigenvalue weighted by molar-refractivity contribution is 14.1. The molecule has 0 spiro atoms. The zero-order valence-electron chi connectivity index (χ0n) is 13.0. The van der Waals surface area contributed by atoms with E-state index in [-0.39, 0.29) is 5.91 Å². The van der Waals surface area contributed by atoms with E-state index in [1.165, 1.54) is 18.4 Å². The van der Waals surface area contributed by atoms with Crippen LogP contribution >= 0.6 is 22.6 Å². The Balaban J connectivity index is 2.13. The first kappa shape index (κ1) is 16.7. The highest BCUT2D eigenvalue weighted by Crippen LogP contribution is 2.19. The predicted molar refractivity (Wildman–Crippen MR) is 95.7 cm³/mol. The number of benzene rings is 1. The topological polar surface area (TPSA) is 32.3 Å². The van der Waals surface area contributed by atoms with E-state index in [0.29, 0.717) is 6.04 Å². The van der Waals surface area contributed by atoms with Gasteiger partial charge in [-0.1, -0.05) is 25.5 Å². The molecule has 1 saturated heterocycles. The lowest BCUT2D eigenvalue weighted by molar-refractivity contribution is 0.0738. The van der Waals surface area contributed by atoms with Gasteiger partial charge in [0.05, 0.1) is 5.56 Å². The second kappa shape index (κ2) is 8.13. The van der Waals surface area contributed by atoms with Crippen molar-refractivity contribution in [1.29, 1.82) is 0 Å². The van der Waals surface area contributed by atoms with Gasteiger partial charge in [-0.2, -0.15) is 0 Å². The molecule has 0 radical (unpaired) electrons. The monoisotopic (exact) mass is 400 g/mol. The van der Waals surface area contributed by atoms with Crippen LogP contribution in [-0.4, -0.2) is 36.5 Å². The highest BCUT2D eigenvalue weighted by Gasteiger charge is 2.23. The van der Waals surface area contributed by atoms with Crippen molar-refractivity contribution in [3.8, 4) is 0 Å². The molecule has 2 rings (SSSR count). The zero-order valence-corrected chi connectivity index (χ0v) is 15.2. The molecule has 1 aromatic rings. The van der Waals surface area contributed by atoms with Gasteiger partial charge in [-0.25, -0.2) is 0 Å². The molecule has 1 aliphatic rings. The lowest BCUT2D eigenvalue weighted by atomic mass is 10.1. The molecule has 1 amide bonds. The minimum Gasteiger partial charge on any atom is -0.337 e. The molecule has 0 saturated carbocycles. The molecule has 21 heavy (non-hydrogen) atoms. The first-order valence-corrected chi connectivity index (χ1v) is 8.99. The molecule has 1 atom stereocenters. The summed E-state index contributed by atoms with van der Waals surface area (Å²) in [6.45, 7) is 7.02. The predicted octanol–water partition coefficient (Wildman–Crippen LogP) is 3.59. The maximum absolute atomic E-state index is 12.9. The van der Waals surface area contributed by atoms with Crippen molar-refractivity contribution >= 4 is 28.5 Å². The van der Waals surface area contributed by atoms with Gasteiger partial charge in [0.25, 0.3) is 5.91 Å². The molecular formula is C17H25IN2O. The van der Waals surface area contributed by atoms with Crippen molar-refractivity contribution in [3.63, 3.8) is 0 Å². The maximum atomic E-state index is 12.9. The third-order valence-corrected chi connectivity index (χ3v) is 5.53. The van der Waals surface area contributed by atoms with Gasteiger partial charge in [-0.15, -0.1) is 0 Å². The van der Waals surface area contributed by atoms with Crippen molar-refractivity contribution < 1.29 is 4.79 Å². The van der Waals surface area contributed by atoms with Crippen LogP contribution in [0, 0.1) is 10.5 Å². The van der Waals surface area contributed by atoms with E-state index < -0.39 is 0 Å². The molecule has 1 unspecified atom stereocenters. The molecule has 0 aromatic heterocycles. The number of amides is 1. The Morgan fingerprint density at radius 1 is 1.48 bits per heavy atom. The lowest BCUT2D eigenvalue weighted by Crippen LogP contribution is -2.41. The first-order chi connectivity index (χ1) is 10.1. The molecule has 0 bridgehead atoms. The molecule has 116 valence electrons. The number of rotatable bonds is 6. The molecule has 1 heterocycles. The fourth-order valence-corrected chi connectivity index (χ4v) is 3.38. The van der Waals surface area contributed by atoms with E-state index in [1.807, 2.05) is 17.0 Å². The summed E-state index contributed by atoms with van der Waals surface area (Å²) in [6.07, 6.45) is 4.59. The van der Waals surface area contributed by atoms with Gasteiger partial charge < -0.3 is 10.2 Å². The minimum absolute atomic E-state index is 0.185. The summed E-state index contributed by atoms with van der Waals surface area (Å²) in [6, 6.07) is 6.47. The summed E-state index contributed by atoms with van der Waals surface area (Å²) < 4.78 is 1.08. The van der Waals surface area contributed by atoms with Crippen molar-refractivity contribution in [2.75, 3.05) is 19.6 Å². The van der Waals surface area contributed by atoms with Gasteiger partial charge in [-0.05, 0) is 67.0 Å². The van der Waals surface area contributed by atoms with Crippen LogP contribution in [0.2, 0.25) is 0 Å². The Morgan fingerprint density at radius 3 is 2.95 bits per heavy atom. The number of halogens is 1. The van der Waals surface area contributed by atoms with Crippen LogP contribution in [0.5, 0.6) is 0 Å². The number of nitrogens with zero attached hydrogens (tertiary/aromatic N) is 1. The number of unbranched alkanes of at least 4 members (excludes halogenated alkanes) is 1. The van der Waals surface area contributed by atoms with E-state index in [4.69, 9.17) is 0 Å². The SMILES string of the molecule is CCCCN(CC1CCCN1)C(=O)c1cccc(C)c1I. The Hall–Kier alpha value is -0.620. The van der Waals surface area contributed by atoms with E-state index in [9.17, 15) is 4.79 Å². The smallest absolute Gasteiger partial charge is 0.254 e. The maximum Gasteiger partial charge on any atom is 0.254 e. The number of carbonyl (C=O) groups excluding carboxylic acids is 1. The number of hydrogen-bond donors (Lipinski definition) is 1. The molecule has 0 aliphatic carbocycles. The third-order valence-electron chi connectivity index (χ3n) is 4.09. The highest BCUT2D eigenvalue weighted by atomic mass is 127. The quantitative estimate of drug-likeness (QED) is 0.741. The molecule has 1 aromatic carbocycles. The summed E-state index contributed by atoms with van der Waals surface area (Å²) in [4.78, 5) is 14.9. The first-order valence-electron chi connectivity index (χ1n) is 7.91. The Labute approximate surface area is 141 Å². The fourth-order valence-electron chi connectivity index (χ4n) is 2.79. The fraction of sp³-hybridized carbons (Fsp3) is 0.588. The van der Waals surface area contributed by atoms with Gasteiger partial charge in [0.15, 0.2) is 0 Å². The molecule has 1 aliphatic heterocycles. The van der Waals surface area contributed by atoms with E-state index in [1.54, 1.807) is 0 Å². The molecule has 1 fully saturated rings. The Morgan fingerprint density at radius 2 is 2.29 bits per heavy atom. The van der Waals surface area contributed by atoms with Gasteiger partial charge in [0.2, 0.25) is 0 Å². The van der Waals surface area contributed by atoms with Gasteiger partial charge in [0.1, 0.15) is 0 Å². The van der Waals surface area contributed by atoms with Gasteiger partial charge >= 0.3 is 0 Å². The number of hydrogen-bond acceptors (Lipinski definition) is 2. The van der Waals surface area contributed by atoms with E-state index >= 15 is 0 Å². The summed E-state index contributed by atoms with van der Waals surface area (Å²) in [5.41, 5.74) is 2.03. The van der Waals surface area contributed by atoms with Crippen LogP contribution in [0.25, 0.3) is 0 Å². The number of carbonyl (C=O) groups is 1. The average Bonchev–Trinajstić information content (AvgIpc) is 2.98. The van der Waals surface area contributed by atoms with E-state index in [0.717, 1.165) is 41.6 Å². The summed E-state index contributed by atoms with van der Waals surface area (Å²) in [5, 5.41) is 3.50. The minimum atomic E-state index is 0.185. The van der Waals surface area contributed by atoms with Crippen molar-refractivity contribution in [2.45, 2.75) is 45.6 Å². The van der Waals surface area contributed by atoms with Gasteiger partial charge in [-0.3, -0.25) is 4.79 Å². The summed E-state index contributed by atoms with van der Waals surface area (Å²) in [7, 11) is 0. The largest absolute Gasteiger partial charge is 0.337 e. The lowest BCUT2D eigenvalue weighted by Gasteiger charge is -2.26. The third kappa shape index (κ3) is 4.42. The standard InChI is InChI=1S/C17H25IN2O/c1-3-4-11-20(12-14-8-6-10-19-14)17(21)15-9-5-7-13(2)16(15)18/h5,7,9,14,19H,3-4,6,8,10-12H2,1-2H3. The van der Waals surface area contributed by atoms with Crippen molar-refractivity contribution in [1.82, 2.24) is 10.2 Å². The van der Waals surface area contributed by atoms with E-state index in [2.05, 4.69) is 47.8 Å². The van der Waals surface area contributed by atoms with Crippen LogP contribution < -0.4 is 5.32 Å². The van der Waals surface area contributed by atoms with Crippen LogP contribution in [-0.2, 0) is 0 Å². The molecule has 4 heteroatoms. The summed E-state index contributed by atoms with van der Waals surface area (Å²) >= 11 is 2.29. The number of aryl methyl sites for hydroxylation is 1. The van der Waals surface area contributed by atoms with Gasteiger partial charge in [0, 0.05) is 22.7 Å². The Kier molecular flexibility index (Phi) is 6.48. The van der Waals surface area contributed by atoms with Crippen LogP contribution in [0.15, 0.2) is 18.2 Å². The molecule has 1 N–H and O–H groups in total.